The average molecular weight is 492 g/mol. The van der Waals surface area contributed by atoms with Crippen molar-refractivity contribution in [2.24, 2.45) is 0 Å². The number of aliphatic hydroxyl groups excluding tert-OH is 1. The number of amides is 3. The topological polar surface area (TPSA) is 153 Å². The van der Waals surface area contributed by atoms with Gasteiger partial charge in [0.05, 0.1) is 19.2 Å². The largest absolute Gasteiger partial charge is 0.506 e. The fraction of sp³-hybridized carbons (Fsp3) is 0.739. The van der Waals surface area contributed by atoms with Gasteiger partial charge >= 0.3 is 11.8 Å². The highest BCUT2D eigenvalue weighted by molar-refractivity contribution is 6.35. The molecule has 12 heteroatoms. The Labute approximate surface area is 204 Å². The van der Waals surface area contributed by atoms with Crippen LogP contribution >= 0.6 is 0 Å². The van der Waals surface area contributed by atoms with Crippen molar-refractivity contribution in [1.29, 1.82) is 5.26 Å². The molecule has 4 aliphatic rings. The summed E-state index contributed by atoms with van der Waals surface area (Å²) in [6, 6.07) is 1.82. The Balaban J connectivity index is 1.20. The number of nitrogens with zero attached hydrogens (tertiary/aromatic N) is 3. The summed E-state index contributed by atoms with van der Waals surface area (Å²) in [6.45, 7) is 6.74. The summed E-state index contributed by atoms with van der Waals surface area (Å²) in [4.78, 5) is 40.7. The van der Waals surface area contributed by atoms with Gasteiger partial charge in [-0.15, -0.1) is 0 Å². The van der Waals surface area contributed by atoms with E-state index in [0.29, 0.717) is 38.9 Å². The summed E-state index contributed by atoms with van der Waals surface area (Å²) in [5, 5.41) is 25.3. The lowest BCUT2D eigenvalue weighted by atomic mass is 9.89. The van der Waals surface area contributed by atoms with Crippen molar-refractivity contribution in [2.75, 3.05) is 32.7 Å². The quantitative estimate of drug-likeness (QED) is 0.446. The summed E-state index contributed by atoms with van der Waals surface area (Å²) in [5.41, 5.74) is -0.355. The molecule has 4 rings (SSSR count). The smallest absolute Gasteiger partial charge is 0.311 e. The van der Waals surface area contributed by atoms with Crippen LogP contribution in [-0.4, -0.2) is 95.1 Å². The van der Waals surface area contributed by atoms with Crippen molar-refractivity contribution >= 4 is 17.7 Å². The Morgan fingerprint density at radius 2 is 1.91 bits per heavy atom. The second-order valence-corrected chi connectivity index (χ2v) is 10.1. The minimum atomic E-state index is -0.906. The number of hydrogen-bond donors (Lipinski definition) is 3. The second kappa shape index (κ2) is 9.64. The van der Waals surface area contributed by atoms with Crippen LogP contribution in [0.2, 0.25) is 0 Å². The van der Waals surface area contributed by atoms with Gasteiger partial charge in [-0.05, 0) is 32.6 Å². The van der Waals surface area contributed by atoms with E-state index in [-0.39, 0.29) is 42.1 Å². The molecule has 12 nitrogen and oxygen atoms in total. The zero-order valence-electron chi connectivity index (χ0n) is 20.3. The Kier molecular flexibility index (Phi) is 6.95. The molecule has 0 aliphatic carbocycles. The lowest BCUT2D eigenvalue weighted by Gasteiger charge is -2.40. The number of likely N-dealkylation sites (tertiary alicyclic amines) is 2. The number of piperidine rings is 1. The molecule has 4 aliphatic heterocycles. The average Bonchev–Trinajstić information content (AvgIpc) is 3.49. The highest BCUT2D eigenvalue weighted by atomic mass is 16.8. The van der Waals surface area contributed by atoms with Gasteiger partial charge in [0.25, 0.3) is 0 Å². The van der Waals surface area contributed by atoms with Crippen molar-refractivity contribution in [3.8, 4) is 6.07 Å². The first-order valence-corrected chi connectivity index (χ1v) is 12.0. The molecule has 0 aromatic rings. The van der Waals surface area contributed by atoms with Crippen LogP contribution in [0.3, 0.4) is 0 Å². The van der Waals surface area contributed by atoms with Crippen molar-refractivity contribution in [2.45, 2.75) is 76.2 Å². The monoisotopic (exact) mass is 491 g/mol. The third kappa shape index (κ3) is 5.37. The van der Waals surface area contributed by atoms with Gasteiger partial charge in [-0.25, -0.2) is 0 Å². The van der Waals surface area contributed by atoms with Crippen LogP contribution in [0.4, 0.5) is 0 Å². The fourth-order valence-electron chi connectivity index (χ4n) is 4.80. The molecule has 0 bridgehead atoms. The highest BCUT2D eigenvalue weighted by Crippen LogP contribution is 2.39. The second-order valence-electron chi connectivity index (χ2n) is 10.1. The van der Waals surface area contributed by atoms with E-state index in [2.05, 4.69) is 16.7 Å². The van der Waals surface area contributed by atoms with Gasteiger partial charge in [0.2, 0.25) is 18.0 Å². The summed E-state index contributed by atoms with van der Waals surface area (Å²) in [7, 11) is 0. The third-order valence-corrected chi connectivity index (χ3v) is 6.99. The molecule has 3 saturated heterocycles. The number of nitriles is 1. The minimum Gasteiger partial charge on any atom is -0.506 e. The zero-order valence-corrected chi connectivity index (χ0v) is 20.3. The third-order valence-electron chi connectivity index (χ3n) is 6.99. The first-order chi connectivity index (χ1) is 16.5. The van der Waals surface area contributed by atoms with Gasteiger partial charge in [0, 0.05) is 39.0 Å². The number of rotatable bonds is 5. The van der Waals surface area contributed by atoms with Crippen LogP contribution in [0, 0.1) is 11.3 Å². The van der Waals surface area contributed by atoms with E-state index >= 15 is 0 Å². The van der Waals surface area contributed by atoms with E-state index in [0.717, 1.165) is 6.42 Å². The van der Waals surface area contributed by atoms with Crippen LogP contribution in [0.5, 0.6) is 0 Å². The molecule has 3 amide bonds. The molecular weight excluding hydrogens is 458 g/mol. The highest BCUT2D eigenvalue weighted by Gasteiger charge is 2.48. The molecular formula is C23H33N5O7. The first kappa shape index (κ1) is 25.2. The number of nitrogens with one attached hydrogen (secondary N) is 2. The van der Waals surface area contributed by atoms with Gasteiger partial charge in [-0.3, -0.25) is 14.4 Å². The molecule has 192 valence electrons. The lowest BCUT2D eigenvalue weighted by Crippen LogP contribution is -2.56. The number of carbonyl (C=O) groups excluding carboxylic acids is 3. The standard InChI is InChI=1S/C23H33N5O7/c1-22(2)34-18-17(30)15(33-21(18)35-22)12-25-19(31)20(32)27-9-6-23(3,7-10-27)26-13-16(29)28-8-4-5-14(28)11-24/h14-15,21,26,30H,4-10,12-13H2,1-3H3,(H,25,31)/t14-,15?,21?/m0/s1. The van der Waals surface area contributed by atoms with E-state index in [4.69, 9.17) is 14.2 Å². The van der Waals surface area contributed by atoms with E-state index < -0.39 is 30.0 Å². The number of fused-ring (bicyclic) bond motifs is 1. The summed E-state index contributed by atoms with van der Waals surface area (Å²) >= 11 is 0. The van der Waals surface area contributed by atoms with E-state index in [1.807, 2.05) is 6.92 Å². The fourth-order valence-corrected chi connectivity index (χ4v) is 4.80. The Morgan fingerprint density at radius 3 is 2.57 bits per heavy atom. The number of aliphatic hydroxyl groups is 1. The molecule has 0 aromatic carbocycles. The van der Waals surface area contributed by atoms with E-state index in [1.54, 1.807) is 18.7 Å². The molecule has 3 N–H and O–H groups in total. The number of carbonyl (C=O) groups is 3. The molecule has 3 atom stereocenters. The Bertz CT molecular complexity index is 950. The maximum Gasteiger partial charge on any atom is 0.311 e. The van der Waals surface area contributed by atoms with Crippen molar-refractivity contribution in [3.63, 3.8) is 0 Å². The SMILES string of the molecule is CC1(NCC(=O)N2CCC[C@H]2C#N)CCN(C(=O)C(=O)NCC2OC3OC(C)(C)OC3=C2O)CC1. The molecule has 3 fully saturated rings. The van der Waals surface area contributed by atoms with Gasteiger partial charge < -0.3 is 39.8 Å². The van der Waals surface area contributed by atoms with Gasteiger partial charge in [0.1, 0.15) is 12.1 Å². The Hall–Kier alpha value is -2.88. The van der Waals surface area contributed by atoms with Gasteiger partial charge in [0.15, 0.2) is 11.5 Å². The van der Waals surface area contributed by atoms with Crippen LogP contribution in [0.1, 0.15) is 46.5 Å². The summed E-state index contributed by atoms with van der Waals surface area (Å²) < 4.78 is 16.6. The Morgan fingerprint density at radius 1 is 1.20 bits per heavy atom. The maximum absolute atomic E-state index is 12.6. The molecule has 0 radical (unpaired) electrons. The van der Waals surface area contributed by atoms with E-state index in [1.165, 1.54) is 4.90 Å². The summed E-state index contributed by atoms with van der Waals surface area (Å²) in [6.07, 6.45) is 1.01. The molecule has 0 aromatic heterocycles. The number of ether oxygens (including phenoxy) is 3. The van der Waals surface area contributed by atoms with Crippen LogP contribution < -0.4 is 10.6 Å². The van der Waals surface area contributed by atoms with Crippen LogP contribution in [-0.2, 0) is 28.6 Å². The van der Waals surface area contributed by atoms with Crippen molar-refractivity contribution < 1.29 is 33.7 Å². The van der Waals surface area contributed by atoms with Gasteiger partial charge in [-0.1, -0.05) is 0 Å². The zero-order chi connectivity index (χ0) is 25.4. The maximum atomic E-state index is 12.6. The molecule has 0 spiro atoms. The van der Waals surface area contributed by atoms with Crippen LogP contribution in [0.25, 0.3) is 0 Å². The summed E-state index contributed by atoms with van der Waals surface area (Å²) in [5.74, 6) is -2.41. The van der Waals surface area contributed by atoms with Crippen LogP contribution in [0.15, 0.2) is 11.5 Å². The molecule has 35 heavy (non-hydrogen) atoms. The predicted octanol–water partition coefficient (Wildman–Crippen LogP) is -0.135. The van der Waals surface area contributed by atoms with Gasteiger partial charge in [-0.2, -0.15) is 5.26 Å². The molecule has 2 unspecified atom stereocenters. The normalized spacial score (nSPS) is 28.9. The van der Waals surface area contributed by atoms with Crippen molar-refractivity contribution in [1.82, 2.24) is 20.4 Å². The van der Waals surface area contributed by atoms with Crippen molar-refractivity contribution in [3.05, 3.63) is 11.5 Å². The predicted molar refractivity (Wildman–Crippen MR) is 120 cm³/mol. The lowest BCUT2D eigenvalue weighted by molar-refractivity contribution is -0.201. The minimum absolute atomic E-state index is 0.0935. The molecule has 0 saturated carbocycles. The molecule has 4 heterocycles. The van der Waals surface area contributed by atoms with E-state index in [9.17, 15) is 24.8 Å². The number of hydrogen-bond acceptors (Lipinski definition) is 9. The first-order valence-electron chi connectivity index (χ1n) is 12.0.